The van der Waals surface area contributed by atoms with Gasteiger partial charge in [-0.1, -0.05) is 88.1 Å². The van der Waals surface area contributed by atoms with Gasteiger partial charge >= 0.3 is 0 Å². The molecule has 6 rings (SSSR count). The quantitative estimate of drug-likeness (QED) is 0.108. The number of unbranched alkanes of at least 4 members (excludes halogenated alkanes) is 10. The maximum atomic E-state index is 5.58. The molecule has 2 aromatic heterocycles. The molecule has 2 aliphatic carbocycles. The van der Waals surface area contributed by atoms with Crippen LogP contribution in [0.15, 0.2) is 48.5 Å². The summed E-state index contributed by atoms with van der Waals surface area (Å²) >= 11 is 0. The SMILES string of the molecule is NCCCCCCCCCCCCCc1cccc(Nc2nc3ccccc3c3[nH]c(C(C4CC4)C4CC4)nc23)c1. The lowest BCUT2D eigenvalue weighted by Gasteiger charge is -2.11. The van der Waals surface area contributed by atoms with Crippen LogP contribution in [-0.2, 0) is 6.42 Å². The molecule has 0 radical (unpaired) electrons. The highest BCUT2D eigenvalue weighted by atomic mass is 15.0. The zero-order valence-corrected chi connectivity index (χ0v) is 24.8. The number of aromatic amines is 1. The Kier molecular flexibility index (Phi) is 9.52. The van der Waals surface area contributed by atoms with E-state index in [2.05, 4.69) is 58.8 Å². The fourth-order valence-electron chi connectivity index (χ4n) is 6.71. The summed E-state index contributed by atoms with van der Waals surface area (Å²) in [4.78, 5) is 14.1. The molecular weight excluding hydrogens is 502 g/mol. The molecule has 4 aromatic rings. The molecule has 2 heterocycles. The maximum Gasteiger partial charge on any atom is 0.159 e. The van der Waals surface area contributed by atoms with Gasteiger partial charge in [0, 0.05) is 17.0 Å². The molecule has 2 saturated carbocycles. The van der Waals surface area contributed by atoms with Crippen molar-refractivity contribution in [3.8, 4) is 0 Å². The molecule has 5 nitrogen and oxygen atoms in total. The molecule has 218 valence electrons. The second kappa shape index (κ2) is 13.8. The Balaban J connectivity index is 1.05. The van der Waals surface area contributed by atoms with E-state index in [1.54, 1.807) is 0 Å². The number of aromatic nitrogens is 3. The second-order valence-electron chi connectivity index (χ2n) is 12.8. The van der Waals surface area contributed by atoms with E-state index in [1.165, 1.54) is 108 Å². The molecule has 41 heavy (non-hydrogen) atoms. The summed E-state index contributed by atoms with van der Waals surface area (Å²) in [6, 6.07) is 17.4. The highest BCUT2D eigenvalue weighted by Crippen LogP contribution is 2.54. The summed E-state index contributed by atoms with van der Waals surface area (Å²) in [6.07, 6.45) is 21.3. The van der Waals surface area contributed by atoms with Crippen LogP contribution < -0.4 is 11.1 Å². The Morgan fingerprint density at radius 3 is 2.10 bits per heavy atom. The first kappa shape index (κ1) is 28.2. The number of fused-ring (bicyclic) bond motifs is 3. The third-order valence-corrected chi connectivity index (χ3v) is 9.29. The molecule has 0 unspecified atom stereocenters. The number of anilines is 2. The van der Waals surface area contributed by atoms with Gasteiger partial charge in [-0.05, 0) is 87.1 Å². The third kappa shape index (κ3) is 7.48. The number of H-pyrrole nitrogens is 1. The predicted molar refractivity (Wildman–Crippen MR) is 173 cm³/mol. The van der Waals surface area contributed by atoms with E-state index in [0.717, 1.165) is 58.2 Å². The number of pyridine rings is 1. The summed E-state index contributed by atoms with van der Waals surface area (Å²) in [5, 5.41) is 4.83. The van der Waals surface area contributed by atoms with Crippen LogP contribution in [-0.4, -0.2) is 21.5 Å². The van der Waals surface area contributed by atoms with E-state index in [4.69, 9.17) is 15.7 Å². The van der Waals surface area contributed by atoms with Crippen molar-refractivity contribution in [2.75, 3.05) is 11.9 Å². The number of rotatable bonds is 18. The summed E-state index contributed by atoms with van der Waals surface area (Å²) in [5.74, 6) is 4.26. The molecule has 2 fully saturated rings. The van der Waals surface area contributed by atoms with E-state index >= 15 is 0 Å². The first-order valence-corrected chi connectivity index (χ1v) is 16.6. The number of benzene rings is 2. The Bertz CT molecular complexity index is 1390. The summed E-state index contributed by atoms with van der Waals surface area (Å²) in [5.41, 5.74) is 11.2. The predicted octanol–water partition coefficient (Wildman–Crippen LogP) is 9.55. The molecule has 2 aromatic carbocycles. The Morgan fingerprint density at radius 1 is 0.756 bits per heavy atom. The standard InChI is InChI=1S/C36H49N5/c37-24-13-9-7-5-3-1-2-4-6-8-10-15-26-16-14-17-29(25-26)38-36-34-33(30-18-11-12-19-31(30)39-36)40-35(41-34)32(27-20-21-27)28-22-23-28/h11-12,14,16-19,25,27-28,32H,1-10,13,15,20-24,37H2,(H,38,39)(H,40,41). The molecular formula is C36H49N5. The van der Waals surface area contributed by atoms with Crippen LogP contribution in [0.5, 0.6) is 0 Å². The van der Waals surface area contributed by atoms with E-state index in [-0.39, 0.29) is 0 Å². The van der Waals surface area contributed by atoms with Gasteiger partial charge < -0.3 is 16.0 Å². The topological polar surface area (TPSA) is 79.6 Å². The minimum Gasteiger partial charge on any atom is -0.341 e. The Morgan fingerprint density at radius 2 is 1.41 bits per heavy atom. The molecule has 0 saturated heterocycles. The van der Waals surface area contributed by atoms with E-state index < -0.39 is 0 Å². The van der Waals surface area contributed by atoms with Crippen molar-refractivity contribution in [2.24, 2.45) is 17.6 Å². The lowest BCUT2D eigenvalue weighted by Crippen LogP contribution is -2.05. The van der Waals surface area contributed by atoms with Gasteiger partial charge in [-0.3, -0.25) is 0 Å². The molecule has 4 N–H and O–H groups in total. The molecule has 0 aliphatic heterocycles. The van der Waals surface area contributed by atoms with Gasteiger partial charge in [0.15, 0.2) is 5.82 Å². The van der Waals surface area contributed by atoms with Crippen LogP contribution >= 0.6 is 0 Å². The average Bonchev–Trinajstić information content (AvgIpc) is 3.93. The minimum atomic E-state index is 0.587. The largest absolute Gasteiger partial charge is 0.341 e. The monoisotopic (exact) mass is 551 g/mol. The van der Waals surface area contributed by atoms with E-state index in [9.17, 15) is 0 Å². The van der Waals surface area contributed by atoms with Crippen molar-refractivity contribution in [3.05, 3.63) is 59.9 Å². The zero-order chi connectivity index (χ0) is 27.9. The zero-order valence-electron chi connectivity index (χ0n) is 24.8. The van der Waals surface area contributed by atoms with Gasteiger partial charge in [-0.25, -0.2) is 9.97 Å². The average molecular weight is 552 g/mol. The Hall–Kier alpha value is -2.92. The number of aryl methyl sites for hydroxylation is 1. The number of nitrogens with two attached hydrogens (primary N) is 1. The minimum absolute atomic E-state index is 0.587. The second-order valence-corrected chi connectivity index (χ2v) is 12.8. The van der Waals surface area contributed by atoms with E-state index in [0.29, 0.717) is 5.92 Å². The first-order chi connectivity index (χ1) is 20.3. The van der Waals surface area contributed by atoms with Crippen LogP contribution in [0.2, 0.25) is 0 Å². The number of nitrogens with one attached hydrogen (secondary N) is 2. The summed E-state index contributed by atoms with van der Waals surface area (Å²) < 4.78 is 0. The van der Waals surface area contributed by atoms with Crippen molar-refractivity contribution < 1.29 is 0 Å². The van der Waals surface area contributed by atoms with Crippen LogP contribution in [0, 0.1) is 11.8 Å². The molecule has 5 heteroatoms. The van der Waals surface area contributed by atoms with Gasteiger partial charge in [0.05, 0.1) is 11.0 Å². The number of imidazole rings is 1. The number of hydrogen-bond donors (Lipinski definition) is 3. The lowest BCUT2D eigenvalue weighted by molar-refractivity contribution is 0.514. The van der Waals surface area contributed by atoms with Crippen molar-refractivity contribution in [3.63, 3.8) is 0 Å². The third-order valence-electron chi connectivity index (χ3n) is 9.29. The van der Waals surface area contributed by atoms with Crippen LogP contribution in [0.4, 0.5) is 11.5 Å². The molecule has 2 aliphatic rings. The lowest BCUT2D eigenvalue weighted by atomic mass is 9.97. The van der Waals surface area contributed by atoms with Crippen LogP contribution in [0.3, 0.4) is 0 Å². The highest BCUT2D eigenvalue weighted by Gasteiger charge is 2.44. The molecule has 0 amide bonds. The highest BCUT2D eigenvalue weighted by molar-refractivity contribution is 6.07. The van der Waals surface area contributed by atoms with Gasteiger partial charge in [0.25, 0.3) is 0 Å². The summed E-state index contributed by atoms with van der Waals surface area (Å²) in [7, 11) is 0. The number of para-hydroxylation sites is 1. The fraction of sp³-hybridized carbons (Fsp3) is 0.556. The first-order valence-electron chi connectivity index (χ1n) is 16.6. The number of hydrogen-bond acceptors (Lipinski definition) is 4. The summed E-state index contributed by atoms with van der Waals surface area (Å²) in [6.45, 7) is 0.846. The van der Waals surface area contributed by atoms with Crippen molar-refractivity contribution >= 4 is 33.4 Å². The molecule has 0 spiro atoms. The smallest absolute Gasteiger partial charge is 0.159 e. The normalized spacial score (nSPS) is 15.4. The van der Waals surface area contributed by atoms with Crippen LogP contribution in [0.25, 0.3) is 21.9 Å². The number of nitrogens with zero attached hydrogens (tertiary/aromatic N) is 2. The fourth-order valence-corrected chi connectivity index (χ4v) is 6.71. The van der Waals surface area contributed by atoms with Gasteiger partial charge in [-0.2, -0.15) is 0 Å². The van der Waals surface area contributed by atoms with Crippen LogP contribution in [0.1, 0.15) is 114 Å². The van der Waals surface area contributed by atoms with Gasteiger partial charge in [-0.15, -0.1) is 0 Å². The van der Waals surface area contributed by atoms with Gasteiger partial charge in [0.1, 0.15) is 11.3 Å². The van der Waals surface area contributed by atoms with Crippen molar-refractivity contribution in [1.29, 1.82) is 0 Å². The van der Waals surface area contributed by atoms with Crippen molar-refractivity contribution in [2.45, 2.75) is 109 Å². The van der Waals surface area contributed by atoms with E-state index in [1.807, 2.05) is 0 Å². The maximum absolute atomic E-state index is 5.58. The Labute approximate surface area is 246 Å². The van der Waals surface area contributed by atoms with Gasteiger partial charge in [0.2, 0.25) is 0 Å². The molecule has 0 bridgehead atoms. The van der Waals surface area contributed by atoms with Crippen molar-refractivity contribution in [1.82, 2.24) is 15.0 Å². The molecule has 0 atom stereocenters.